The molecule has 5 nitrogen and oxygen atoms in total. The van der Waals surface area contributed by atoms with Gasteiger partial charge < -0.3 is 15.5 Å². The summed E-state index contributed by atoms with van der Waals surface area (Å²) in [4.78, 5) is 19.4. The van der Waals surface area contributed by atoms with Crippen molar-refractivity contribution in [2.45, 2.75) is 13.3 Å². The molecule has 0 unspecified atom stereocenters. The molecule has 0 radical (unpaired) electrons. The fourth-order valence-electron chi connectivity index (χ4n) is 3.03. The number of benzene rings is 1. The predicted molar refractivity (Wildman–Crippen MR) is 92.7 cm³/mol. The molecule has 1 fully saturated rings. The van der Waals surface area contributed by atoms with Gasteiger partial charge in [-0.1, -0.05) is 18.2 Å². The van der Waals surface area contributed by atoms with E-state index >= 15 is 0 Å². The zero-order valence-corrected chi connectivity index (χ0v) is 13.6. The number of para-hydroxylation sites is 1. The van der Waals surface area contributed by atoms with Gasteiger partial charge >= 0.3 is 0 Å². The van der Waals surface area contributed by atoms with Crippen molar-refractivity contribution in [1.29, 1.82) is 0 Å². The molecule has 1 aliphatic heterocycles. The molecule has 0 atom stereocenters. The molecule has 1 aromatic carbocycles. The van der Waals surface area contributed by atoms with E-state index in [4.69, 9.17) is 0 Å². The van der Waals surface area contributed by atoms with Gasteiger partial charge in [0.25, 0.3) is 5.91 Å². The van der Waals surface area contributed by atoms with Crippen molar-refractivity contribution in [3.63, 3.8) is 0 Å². The highest BCUT2D eigenvalue weighted by Gasteiger charge is 2.12. The molecule has 1 aliphatic rings. The van der Waals surface area contributed by atoms with Gasteiger partial charge in [0.15, 0.2) is 0 Å². The minimum Gasteiger partial charge on any atom is -0.352 e. The van der Waals surface area contributed by atoms with Crippen LogP contribution in [0.2, 0.25) is 0 Å². The topological polar surface area (TPSA) is 57.3 Å². The predicted octanol–water partition coefficient (Wildman–Crippen LogP) is 1.57. The summed E-state index contributed by atoms with van der Waals surface area (Å²) in [6, 6.07) is 9.67. The number of hydrogen-bond donors (Lipinski definition) is 2. The van der Waals surface area contributed by atoms with Gasteiger partial charge in [-0.2, -0.15) is 0 Å². The van der Waals surface area contributed by atoms with E-state index in [-0.39, 0.29) is 5.91 Å². The first-order chi connectivity index (χ1) is 11.2. The minimum atomic E-state index is -0.00740. The first-order valence-corrected chi connectivity index (χ1v) is 8.32. The zero-order valence-electron chi connectivity index (χ0n) is 13.6. The van der Waals surface area contributed by atoms with Crippen LogP contribution in [-0.4, -0.2) is 55.1 Å². The third-order valence-corrected chi connectivity index (χ3v) is 4.24. The minimum absolute atomic E-state index is 0.00740. The lowest BCUT2D eigenvalue weighted by molar-refractivity contribution is 0.0952. The lowest BCUT2D eigenvalue weighted by Gasteiger charge is -2.27. The fraction of sp³-hybridized carbons (Fsp3) is 0.444. The van der Waals surface area contributed by atoms with Crippen LogP contribution in [0.5, 0.6) is 0 Å². The van der Waals surface area contributed by atoms with Crippen LogP contribution in [0.4, 0.5) is 0 Å². The molecule has 0 bridgehead atoms. The van der Waals surface area contributed by atoms with E-state index in [0.717, 1.165) is 61.3 Å². The lowest BCUT2D eigenvalue weighted by Crippen LogP contribution is -2.44. The van der Waals surface area contributed by atoms with E-state index in [1.54, 1.807) is 0 Å². The van der Waals surface area contributed by atoms with Gasteiger partial charge in [-0.3, -0.25) is 9.78 Å². The van der Waals surface area contributed by atoms with E-state index in [0.29, 0.717) is 6.54 Å². The summed E-state index contributed by atoms with van der Waals surface area (Å²) in [5, 5.41) is 7.31. The van der Waals surface area contributed by atoms with Gasteiger partial charge in [0.1, 0.15) is 0 Å². The Morgan fingerprint density at radius 3 is 2.91 bits per heavy atom. The number of nitrogens with zero attached hydrogens (tertiary/aromatic N) is 2. The van der Waals surface area contributed by atoms with E-state index < -0.39 is 0 Å². The van der Waals surface area contributed by atoms with Crippen LogP contribution < -0.4 is 10.6 Å². The maximum atomic E-state index is 12.5. The van der Waals surface area contributed by atoms with Crippen molar-refractivity contribution in [2.24, 2.45) is 0 Å². The molecule has 2 heterocycles. The second-order valence-corrected chi connectivity index (χ2v) is 6.03. The third kappa shape index (κ3) is 4.06. The van der Waals surface area contributed by atoms with Crippen LogP contribution in [-0.2, 0) is 0 Å². The van der Waals surface area contributed by atoms with Gasteiger partial charge in [-0.05, 0) is 32.0 Å². The number of fused-ring (bicyclic) bond motifs is 1. The molecule has 122 valence electrons. The third-order valence-electron chi connectivity index (χ3n) is 4.24. The second kappa shape index (κ2) is 7.53. The standard InChI is InChI=1S/C18H24N4O/c1-14-13-16(15-5-2-3-6-17(15)21-14)18(23)20-7-4-10-22-11-8-19-9-12-22/h2-3,5-6,13,19H,4,7-12H2,1H3,(H,20,23). The molecule has 5 heteroatoms. The number of carbonyl (C=O) groups excluding carboxylic acids is 1. The van der Waals surface area contributed by atoms with E-state index in [2.05, 4.69) is 20.5 Å². The Morgan fingerprint density at radius 1 is 1.30 bits per heavy atom. The zero-order chi connectivity index (χ0) is 16.1. The van der Waals surface area contributed by atoms with E-state index in [1.165, 1.54) is 0 Å². The Hall–Kier alpha value is -1.98. The second-order valence-electron chi connectivity index (χ2n) is 6.03. The maximum absolute atomic E-state index is 12.5. The highest BCUT2D eigenvalue weighted by Crippen LogP contribution is 2.18. The molecule has 2 aromatic rings. The number of amides is 1. The van der Waals surface area contributed by atoms with Crippen molar-refractivity contribution >= 4 is 16.8 Å². The van der Waals surface area contributed by atoms with Crippen LogP contribution in [0.25, 0.3) is 10.9 Å². The summed E-state index contributed by atoms with van der Waals surface area (Å²) < 4.78 is 0. The molecule has 1 saturated heterocycles. The first kappa shape index (κ1) is 15.9. The molecule has 1 amide bonds. The van der Waals surface area contributed by atoms with Crippen molar-refractivity contribution < 1.29 is 4.79 Å². The Kier molecular flexibility index (Phi) is 5.20. The Balaban J connectivity index is 1.58. The number of pyridine rings is 1. The maximum Gasteiger partial charge on any atom is 0.252 e. The summed E-state index contributed by atoms with van der Waals surface area (Å²) in [7, 11) is 0. The van der Waals surface area contributed by atoms with Gasteiger partial charge in [0, 0.05) is 43.8 Å². The first-order valence-electron chi connectivity index (χ1n) is 8.32. The Morgan fingerprint density at radius 2 is 2.09 bits per heavy atom. The van der Waals surface area contributed by atoms with Crippen molar-refractivity contribution in [3.05, 3.63) is 41.6 Å². The molecule has 0 spiro atoms. The molecule has 3 rings (SSSR count). The van der Waals surface area contributed by atoms with Crippen LogP contribution in [0.1, 0.15) is 22.5 Å². The normalized spacial score (nSPS) is 15.7. The average Bonchev–Trinajstić information content (AvgIpc) is 2.58. The van der Waals surface area contributed by atoms with Gasteiger partial charge in [-0.15, -0.1) is 0 Å². The number of hydrogen-bond acceptors (Lipinski definition) is 4. The highest BCUT2D eigenvalue weighted by molar-refractivity contribution is 6.06. The average molecular weight is 312 g/mol. The molecule has 23 heavy (non-hydrogen) atoms. The summed E-state index contributed by atoms with van der Waals surface area (Å²) in [6.07, 6.45) is 0.980. The number of aryl methyl sites for hydroxylation is 1. The summed E-state index contributed by atoms with van der Waals surface area (Å²) in [5.41, 5.74) is 2.46. The van der Waals surface area contributed by atoms with Crippen molar-refractivity contribution in [2.75, 3.05) is 39.3 Å². The van der Waals surface area contributed by atoms with Gasteiger partial charge in [0.05, 0.1) is 11.1 Å². The Labute approximate surface area is 137 Å². The van der Waals surface area contributed by atoms with E-state index in [1.807, 2.05) is 37.3 Å². The summed E-state index contributed by atoms with van der Waals surface area (Å²) in [6.45, 7) is 8.00. The van der Waals surface area contributed by atoms with Crippen LogP contribution in [0.15, 0.2) is 30.3 Å². The summed E-state index contributed by atoms with van der Waals surface area (Å²) in [5.74, 6) is -0.00740. The SMILES string of the molecule is Cc1cc(C(=O)NCCCN2CCNCC2)c2ccccc2n1. The smallest absolute Gasteiger partial charge is 0.252 e. The van der Waals surface area contributed by atoms with Crippen LogP contribution in [0, 0.1) is 6.92 Å². The highest BCUT2D eigenvalue weighted by atomic mass is 16.1. The van der Waals surface area contributed by atoms with Crippen LogP contribution >= 0.6 is 0 Å². The fourth-order valence-corrected chi connectivity index (χ4v) is 3.03. The van der Waals surface area contributed by atoms with Crippen molar-refractivity contribution in [3.8, 4) is 0 Å². The summed E-state index contributed by atoms with van der Waals surface area (Å²) >= 11 is 0. The number of piperazine rings is 1. The monoisotopic (exact) mass is 312 g/mol. The van der Waals surface area contributed by atoms with E-state index in [9.17, 15) is 4.79 Å². The number of aromatic nitrogens is 1. The lowest BCUT2D eigenvalue weighted by atomic mass is 10.1. The molecule has 2 N–H and O–H groups in total. The number of rotatable bonds is 5. The Bertz CT molecular complexity index is 680. The molecule has 0 saturated carbocycles. The molecular formula is C18H24N4O. The molecule has 0 aliphatic carbocycles. The van der Waals surface area contributed by atoms with Crippen molar-refractivity contribution in [1.82, 2.24) is 20.5 Å². The van der Waals surface area contributed by atoms with Crippen LogP contribution in [0.3, 0.4) is 0 Å². The largest absolute Gasteiger partial charge is 0.352 e. The van der Waals surface area contributed by atoms with Gasteiger partial charge in [0.2, 0.25) is 0 Å². The quantitative estimate of drug-likeness (QED) is 0.823. The molecule has 1 aromatic heterocycles. The number of nitrogens with one attached hydrogen (secondary N) is 2. The van der Waals surface area contributed by atoms with Gasteiger partial charge in [-0.25, -0.2) is 0 Å². The number of carbonyl (C=O) groups is 1. The molecular weight excluding hydrogens is 288 g/mol.